The number of benzene rings is 1. The normalized spacial score (nSPS) is 17.2. The summed E-state index contributed by atoms with van der Waals surface area (Å²) in [4.78, 5) is 43.5. The second-order valence-corrected chi connectivity index (χ2v) is 10.8. The first-order valence-electron chi connectivity index (χ1n) is 15.1. The molecule has 3 rings (SSSR count). The van der Waals surface area contributed by atoms with Crippen molar-refractivity contribution in [2.24, 2.45) is 0 Å². The van der Waals surface area contributed by atoms with E-state index in [9.17, 15) is 34.8 Å². The number of carbonyl (C=O) groups is 3. The summed E-state index contributed by atoms with van der Waals surface area (Å²) in [6, 6.07) is 2.78. The van der Waals surface area contributed by atoms with Gasteiger partial charge in [0.15, 0.2) is 5.78 Å². The minimum absolute atomic E-state index is 0.399. The van der Waals surface area contributed by atoms with Crippen LogP contribution in [0.15, 0.2) is 52.6 Å². The average molecular weight is 581 g/mol. The molecule has 0 heterocycles. The van der Waals surface area contributed by atoms with Gasteiger partial charge in [0.1, 0.15) is 23.0 Å². The second kappa shape index (κ2) is 14.8. The van der Waals surface area contributed by atoms with E-state index in [0.717, 1.165) is 51.4 Å². The Balaban J connectivity index is 2.06. The Bertz CT molecular complexity index is 1300. The molecule has 0 unspecified atom stereocenters. The third-order valence-electron chi connectivity index (χ3n) is 7.64. The Morgan fingerprint density at radius 2 is 1.05 bits per heavy atom. The first-order valence-corrected chi connectivity index (χ1v) is 15.1. The molecule has 228 valence electrons. The van der Waals surface area contributed by atoms with Crippen molar-refractivity contribution in [3.63, 3.8) is 0 Å². The fourth-order valence-electron chi connectivity index (χ4n) is 5.22. The molecule has 2 aliphatic rings. The number of carbonyl (C=O) groups excluding carboxylic acids is 3. The Kier molecular flexibility index (Phi) is 11.4. The van der Waals surface area contributed by atoms with Gasteiger partial charge < -0.3 is 30.2 Å². The topological polar surface area (TPSA) is 139 Å². The molecule has 0 radical (unpaired) electrons. The number of phenolic OH excluding ortho intramolecular Hbond substituents is 2. The molecule has 0 saturated carbocycles. The minimum Gasteiger partial charge on any atom is -0.507 e. The number of rotatable bonds is 15. The van der Waals surface area contributed by atoms with Crippen molar-refractivity contribution in [2.75, 3.05) is 31.1 Å². The van der Waals surface area contributed by atoms with Gasteiger partial charge in [0.2, 0.25) is 11.6 Å². The predicted octanol–water partition coefficient (Wildman–Crippen LogP) is 6.03. The van der Waals surface area contributed by atoms with Gasteiger partial charge in [-0.25, -0.2) is 0 Å². The molecule has 0 atom stereocenters. The number of nitrogens with zero attached hydrogens (tertiary/aromatic N) is 2. The Morgan fingerprint density at radius 1 is 0.595 bits per heavy atom. The van der Waals surface area contributed by atoms with E-state index in [4.69, 9.17) is 0 Å². The van der Waals surface area contributed by atoms with E-state index in [1.54, 1.807) is 0 Å². The first kappa shape index (κ1) is 32.5. The number of ketones is 3. The molecule has 9 nitrogen and oxygen atoms in total. The molecule has 0 spiro atoms. The second-order valence-electron chi connectivity index (χ2n) is 10.8. The van der Waals surface area contributed by atoms with Crippen LogP contribution in [-0.2, 0) is 14.4 Å². The van der Waals surface area contributed by atoms with Crippen LogP contribution >= 0.6 is 0 Å². The highest BCUT2D eigenvalue weighted by molar-refractivity contribution is 6.63. The summed E-state index contributed by atoms with van der Waals surface area (Å²) < 4.78 is 0. The van der Waals surface area contributed by atoms with Crippen molar-refractivity contribution >= 4 is 28.6 Å². The number of allylic oxidation sites excluding steroid dienone is 5. The van der Waals surface area contributed by atoms with Crippen molar-refractivity contribution in [2.45, 2.75) is 79.1 Å². The van der Waals surface area contributed by atoms with Crippen LogP contribution in [0, 0.1) is 0 Å². The van der Waals surface area contributed by atoms with E-state index in [1.165, 1.54) is 24.3 Å². The zero-order valence-corrected chi connectivity index (χ0v) is 25.2. The number of anilines is 1. The maximum atomic E-state index is 13.3. The lowest BCUT2D eigenvalue weighted by Crippen LogP contribution is -2.28. The fourth-order valence-corrected chi connectivity index (χ4v) is 5.22. The summed E-state index contributed by atoms with van der Waals surface area (Å²) in [5.41, 5.74) is -1.11. The van der Waals surface area contributed by atoms with Gasteiger partial charge in [-0.2, -0.15) is 0 Å². The van der Waals surface area contributed by atoms with E-state index in [0.29, 0.717) is 37.6 Å². The van der Waals surface area contributed by atoms with Gasteiger partial charge in [0.25, 0.3) is 0 Å². The zero-order valence-electron chi connectivity index (χ0n) is 25.2. The number of aromatic hydroxyl groups is 2. The summed E-state index contributed by atoms with van der Waals surface area (Å²) in [5, 5.41) is 43.9. The fraction of sp³-hybridized carbons (Fsp3) is 0.485. The lowest BCUT2D eigenvalue weighted by atomic mass is 9.94. The maximum absolute atomic E-state index is 13.3. The maximum Gasteiger partial charge on any atom is 0.238 e. The van der Waals surface area contributed by atoms with Crippen molar-refractivity contribution in [3.8, 4) is 11.5 Å². The van der Waals surface area contributed by atoms with Crippen LogP contribution < -0.4 is 4.90 Å². The molecule has 0 aliphatic heterocycles. The van der Waals surface area contributed by atoms with Gasteiger partial charge in [-0.05, 0) is 25.7 Å². The molecule has 42 heavy (non-hydrogen) atoms. The summed E-state index contributed by atoms with van der Waals surface area (Å²) in [6.07, 6.45) is 10.0. The van der Waals surface area contributed by atoms with Crippen molar-refractivity contribution < 1.29 is 34.8 Å². The number of hydrogen-bond acceptors (Lipinski definition) is 9. The molecular weight excluding hydrogens is 536 g/mol. The zero-order chi connectivity index (χ0) is 31.0. The third-order valence-corrected chi connectivity index (χ3v) is 7.64. The monoisotopic (exact) mass is 580 g/mol. The highest BCUT2D eigenvalue weighted by atomic mass is 16.3. The summed E-state index contributed by atoms with van der Waals surface area (Å²) in [5.74, 6) is -5.50. The number of unbranched alkanes of at least 4 members (excludes halogenated alkanes) is 4. The highest BCUT2D eigenvalue weighted by Gasteiger charge is 2.43. The van der Waals surface area contributed by atoms with Gasteiger partial charge in [-0.3, -0.25) is 14.4 Å². The van der Waals surface area contributed by atoms with Crippen LogP contribution in [0.3, 0.4) is 0 Å². The van der Waals surface area contributed by atoms with Gasteiger partial charge in [0.05, 0.1) is 22.3 Å². The van der Waals surface area contributed by atoms with Crippen molar-refractivity contribution in [1.82, 2.24) is 4.90 Å². The molecule has 0 aromatic heterocycles. The highest BCUT2D eigenvalue weighted by Crippen LogP contribution is 2.44. The number of aliphatic hydroxyl groups excluding tert-OH is 2. The lowest BCUT2D eigenvalue weighted by molar-refractivity contribution is -0.130. The van der Waals surface area contributed by atoms with Crippen LogP contribution in [0.1, 0.15) is 84.6 Å². The molecule has 0 fully saturated rings. The number of aliphatic hydroxyl groups is 2. The molecule has 2 aliphatic carbocycles. The first-order chi connectivity index (χ1) is 20.1. The average Bonchev–Trinajstić information content (AvgIpc) is 3.16. The van der Waals surface area contributed by atoms with E-state index >= 15 is 0 Å². The van der Waals surface area contributed by atoms with E-state index < -0.39 is 62.6 Å². The Morgan fingerprint density at radius 3 is 1.50 bits per heavy atom. The molecule has 1 aromatic carbocycles. The molecule has 0 bridgehead atoms. The van der Waals surface area contributed by atoms with Crippen LogP contribution in [-0.4, -0.2) is 68.9 Å². The number of phenols is 2. The van der Waals surface area contributed by atoms with Crippen LogP contribution in [0.2, 0.25) is 0 Å². The SMILES string of the molecule is CCCCN(CCCC)C1=CC(=O)/C(=C2/C(=O)C(=O)C(c3c(O)cc(N(CCCC)CCCC)cc3O)=C2O)C(O)=C1. The summed E-state index contributed by atoms with van der Waals surface area (Å²) >= 11 is 0. The lowest BCUT2D eigenvalue weighted by Gasteiger charge is -2.27. The quantitative estimate of drug-likeness (QED) is 0.145. The summed E-state index contributed by atoms with van der Waals surface area (Å²) in [7, 11) is 0. The van der Waals surface area contributed by atoms with E-state index in [1.807, 2.05) is 9.80 Å². The van der Waals surface area contributed by atoms with Gasteiger partial charge in [-0.15, -0.1) is 0 Å². The van der Waals surface area contributed by atoms with Crippen LogP contribution in [0.25, 0.3) is 5.57 Å². The molecule has 4 N–H and O–H groups in total. The van der Waals surface area contributed by atoms with Crippen molar-refractivity contribution in [3.05, 3.63) is 58.2 Å². The molecule has 1 aromatic rings. The molecule has 9 heteroatoms. The largest absolute Gasteiger partial charge is 0.507 e. The van der Waals surface area contributed by atoms with E-state index in [-0.39, 0.29) is 0 Å². The molecular formula is C33H44N2O7. The molecule has 0 amide bonds. The van der Waals surface area contributed by atoms with Crippen LogP contribution in [0.4, 0.5) is 5.69 Å². The summed E-state index contributed by atoms with van der Waals surface area (Å²) in [6.45, 7) is 11.0. The van der Waals surface area contributed by atoms with Gasteiger partial charge in [0, 0.05) is 61.8 Å². The van der Waals surface area contributed by atoms with Crippen LogP contribution in [0.5, 0.6) is 11.5 Å². The third kappa shape index (κ3) is 6.89. The van der Waals surface area contributed by atoms with Gasteiger partial charge in [-0.1, -0.05) is 53.4 Å². The Hall–Kier alpha value is -4.01. The standard InChI is InChI=1S/C33H44N2O7/c1-5-9-13-34(14-10-6-2)21-17-23(36)27(24(37)18-21)29-31(40)30(33(42)32(29)41)28-25(38)19-22(20-26(28)39)35(15-11-7-3)16-12-8-4/h17-20,36-38,40H,5-16H2,1-4H3/b30-28+. The van der Waals surface area contributed by atoms with Crippen molar-refractivity contribution in [1.29, 1.82) is 0 Å². The Labute approximate surface area is 248 Å². The van der Waals surface area contributed by atoms with Gasteiger partial charge >= 0.3 is 0 Å². The minimum atomic E-state index is -1.20. The smallest absolute Gasteiger partial charge is 0.238 e. The number of hydrogen-bond donors (Lipinski definition) is 4. The predicted molar refractivity (Wildman–Crippen MR) is 164 cm³/mol. The van der Waals surface area contributed by atoms with E-state index in [2.05, 4.69) is 27.7 Å². The number of Topliss-reactive ketones (excluding diaryl/α,β-unsaturated/α-hetero) is 2. The molecule has 0 saturated heterocycles.